The van der Waals surface area contributed by atoms with E-state index in [0.29, 0.717) is 0 Å². The van der Waals surface area contributed by atoms with Crippen molar-refractivity contribution in [2.45, 2.75) is 39.0 Å². The molecule has 1 aliphatic carbocycles. The Morgan fingerprint density at radius 2 is 2.30 bits per heavy atom. The molecule has 2 unspecified atom stereocenters. The summed E-state index contributed by atoms with van der Waals surface area (Å²) < 4.78 is 7.85. The number of aromatic nitrogens is 3. The molecular weight excluding hydrogens is 286 g/mol. The lowest BCUT2D eigenvalue weighted by atomic mass is 9.78. The molecule has 1 aliphatic rings. The summed E-state index contributed by atoms with van der Waals surface area (Å²) in [5.41, 5.74) is 3.18. The lowest BCUT2D eigenvalue weighted by Crippen LogP contribution is -2.15. The number of hydrogen-bond acceptors (Lipinski definition) is 3. The zero-order chi connectivity index (χ0) is 16.2. The molecule has 0 spiro atoms. The normalized spacial score (nSPS) is 21.5. The molecule has 23 heavy (non-hydrogen) atoms. The molecule has 0 amide bonds. The quantitative estimate of drug-likeness (QED) is 0.581. The first-order valence-corrected chi connectivity index (χ1v) is 8.41. The summed E-state index contributed by atoms with van der Waals surface area (Å²) in [7, 11) is 0. The molecule has 4 nitrogen and oxygen atoms in total. The highest BCUT2D eigenvalue weighted by molar-refractivity contribution is 5.59. The van der Waals surface area contributed by atoms with Gasteiger partial charge in [-0.25, -0.2) is 0 Å². The molecule has 0 bridgehead atoms. The molecule has 1 saturated carbocycles. The molecule has 122 valence electrons. The van der Waals surface area contributed by atoms with Gasteiger partial charge < -0.3 is 4.74 Å². The van der Waals surface area contributed by atoms with Crippen molar-refractivity contribution in [2.24, 2.45) is 11.8 Å². The summed E-state index contributed by atoms with van der Waals surface area (Å²) in [6.07, 6.45) is 11.4. The number of allylic oxidation sites excluding steroid dienone is 1. The number of pyridine rings is 1. The van der Waals surface area contributed by atoms with Crippen molar-refractivity contribution in [3.05, 3.63) is 42.9 Å². The Hall–Kier alpha value is -2.10. The summed E-state index contributed by atoms with van der Waals surface area (Å²) in [6.45, 7) is 11.1. The highest BCUT2D eigenvalue weighted by atomic mass is 16.5. The number of fused-ring (bicyclic) bond motifs is 1. The van der Waals surface area contributed by atoms with Crippen LogP contribution in [0.5, 0.6) is 5.75 Å². The topological polar surface area (TPSA) is 39.4 Å². The fourth-order valence-corrected chi connectivity index (χ4v) is 3.64. The molecule has 0 aliphatic heterocycles. The predicted molar refractivity (Wildman–Crippen MR) is 93.5 cm³/mol. The molecule has 2 aromatic rings. The molecule has 0 saturated heterocycles. The fourth-order valence-electron chi connectivity index (χ4n) is 3.64. The van der Waals surface area contributed by atoms with Gasteiger partial charge in [-0.2, -0.15) is 0 Å². The number of rotatable bonds is 6. The van der Waals surface area contributed by atoms with E-state index in [1.54, 1.807) is 6.33 Å². The molecule has 0 radical (unpaired) electrons. The Balaban J connectivity index is 1.54. The second kappa shape index (κ2) is 6.99. The maximum Gasteiger partial charge on any atom is 0.164 e. The summed E-state index contributed by atoms with van der Waals surface area (Å²) in [4.78, 5) is 0. The average molecular weight is 311 g/mol. The highest BCUT2D eigenvalue weighted by Crippen LogP contribution is 2.34. The van der Waals surface area contributed by atoms with E-state index in [2.05, 4.69) is 30.3 Å². The van der Waals surface area contributed by atoms with Crippen LogP contribution in [0.1, 0.15) is 44.6 Å². The summed E-state index contributed by atoms with van der Waals surface area (Å²) in [5.74, 6) is 2.39. The van der Waals surface area contributed by atoms with Crippen LogP contribution >= 0.6 is 0 Å². The first kappa shape index (κ1) is 15.8. The van der Waals surface area contributed by atoms with Crippen LogP contribution < -0.4 is 4.74 Å². The van der Waals surface area contributed by atoms with Crippen molar-refractivity contribution < 1.29 is 4.74 Å². The van der Waals surface area contributed by atoms with Gasteiger partial charge in [-0.3, -0.25) is 4.40 Å². The molecule has 0 aromatic carbocycles. The van der Waals surface area contributed by atoms with Gasteiger partial charge in [0.25, 0.3) is 0 Å². The highest BCUT2D eigenvalue weighted by Gasteiger charge is 2.20. The molecule has 2 heterocycles. The minimum atomic E-state index is 0.725. The van der Waals surface area contributed by atoms with Gasteiger partial charge >= 0.3 is 0 Å². The molecule has 0 N–H and O–H groups in total. The van der Waals surface area contributed by atoms with Crippen molar-refractivity contribution in [1.29, 1.82) is 0 Å². The van der Waals surface area contributed by atoms with Gasteiger partial charge in [0.15, 0.2) is 5.65 Å². The third-order valence-electron chi connectivity index (χ3n) is 4.61. The average Bonchev–Trinajstić information content (AvgIpc) is 2.97. The maximum atomic E-state index is 5.98. The summed E-state index contributed by atoms with van der Waals surface area (Å²) in [5, 5.41) is 7.97. The zero-order valence-electron chi connectivity index (χ0n) is 13.9. The zero-order valence-corrected chi connectivity index (χ0v) is 13.9. The van der Waals surface area contributed by atoms with Crippen molar-refractivity contribution in [1.82, 2.24) is 14.6 Å². The van der Waals surface area contributed by atoms with Crippen LogP contribution in [-0.2, 0) is 0 Å². The molecular formula is C19H25N3O. The number of nitrogens with zero attached hydrogens (tertiary/aromatic N) is 3. The third-order valence-corrected chi connectivity index (χ3v) is 4.61. The Labute approximate surface area is 137 Å². The van der Waals surface area contributed by atoms with Crippen LogP contribution in [0.4, 0.5) is 0 Å². The van der Waals surface area contributed by atoms with E-state index in [9.17, 15) is 0 Å². The van der Waals surface area contributed by atoms with Crippen LogP contribution in [0, 0.1) is 11.8 Å². The van der Waals surface area contributed by atoms with Crippen LogP contribution in [0.25, 0.3) is 11.7 Å². The van der Waals surface area contributed by atoms with Gasteiger partial charge in [-0.1, -0.05) is 31.7 Å². The Morgan fingerprint density at radius 3 is 3.09 bits per heavy atom. The molecule has 1 fully saturated rings. The number of hydrogen-bond donors (Lipinski definition) is 0. The molecule has 2 aromatic heterocycles. The maximum absolute atomic E-state index is 5.98. The van der Waals surface area contributed by atoms with Gasteiger partial charge in [0, 0.05) is 17.8 Å². The second-order valence-corrected chi connectivity index (χ2v) is 6.75. The van der Waals surface area contributed by atoms with Gasteiger partial charge in [0.2, 0.25) is 0 Å². The Bertz CT molecular complexity index is 704. The smallest absolute Gasteiger partial charge is 0.164 e. The van der Waals surface area contributed by atoms with Crippen molar-refractivity contribution >= 4 is 11.7 Å². The van der Waals surface area contributed by atoms with E-state index in [1.165, 1.54) is 31.3 Å². The van der Waals surface area contributed by atoms with Crippen LogP contribution in [0.15, 0.2) is 37.3 Å². The van der Waals surface area contributed by atoms with Crippen LogP contribution in [0.3, 0.4) is 0 Å². The minimum absolute atomic E-state index is 0.725. The largest absolute Gasteiger partial charge is 0.493 e. The first-order valence-electron chi connectivity index (χ1n) is 8.41. The number of ether oxygens (including phenoxy) is 1. The third kappa shape index (κ3) is 3.81. The lowest BCUT2D eigenvalue weighted by Gasteiger charge is -2.28. The molecule has 3 rings (SSSR count). The molecule has 4 heteroatoms. The van der Waals surface area contributed by atoms with E-state index >= 15 is 0 Å². The van der Waals surface area contributed by atoms with Crippen molar-refractivity contribution in [2.75, 3.05) is 6.61 Å². The second-order valence-electron chi connectivity index (χ2n) is 6.75. The standard InChI is InChI=1S/C19H25N3O/c1-4-17-12-22-13-20-21-19(22)11-18(17)23-7-5-6-16-9-14(2)8-15(3)10-16/h4,11-13,15-16H,1-2,5-10H2,3H3. The van der Waals surface area contributed by atoms with Gasteiger partial charge in [0.1, 0.15) is 12.1 Å². The van der Waals surface area contributed by atoms with Crippen molar-refractivity contribution in [3.8, 4) is 5.75 Å². The first-order chi connectivity index (χ1) is 11.2. The minimum Gasteiger partial charge on any atom is -0.493 e. The monoisotopic (exact) mass is 311 g/mol. The Kier molecular flexibility index (Phi) is 4.79. The van der Waals surface area contributed by atoms with E-state index < -0.39 is 0 Å². The predicted octanol–water partition coefficient (Wildman–Crippen LogP) is 4.52. The van der Waals surface area contributed by atoms with Crippen LogP contribution in [-0.4, -0.2) is 21.2 Å². The van der Waals surface area contributed by atoms with Gasteiger partial charge in [0.05, 0.1) is 6.61 Å². The lowest BCUT2D eigenvalue weighted by molar-refractivity contribution is 0.264. The van der Waals surface area contributed by atoms with E-state index in [-0.39, 0.29) is 0 Å². The Morgan fingerprint density at radius 1 is 1.43 bits per heavy atom. The van der Waals surface area contributed by atoms with E-state index in [0.717, 1.165) is 41.8 Å². The van der Waals surface area contributed by atoms with Crippen LogP contribution in [0.2, 0.25) is 0 Å². The van der Waals surface area contributed by atoms with E-state index in [4.69, 9.17) is 4.74 Å². The SMILES string of the molecule is C=Cc1cn2cnnc2cc1OCCCC1CC(=C)CC(C)C1. The van der Waals surface area contributed by atoms with Gasteiger partial charge in [-0.05, 0) is 43.9 Å². The van der Waals surface area contributed by atoms with Crippen molar-refractivity contribution in [3.63, 3.8) is 0 Å². The fraction of sp³-hybridized carbons (Fsp3) is 0.474. The van der Waals surface area contributed by atoms with Gasteiger partial charge in [-0.15, -0.1) is 10.2 Å². The molecule has 2 atom stereocenters. The summed E-state index contributed by atoms with van der Waals surface area (Å²) in [6, 6.07) is 1.93. The summed E-state index contributed by atoms with van der Waals surface area (Å²) >= 11 is 0. The van der Waals surface area contributed by atoms with E-state index in [1.807, 2.05) is 22.7 Å².